The molecule has 0 bridgehead atoms. The number of aromatic nitrogens is 4. The van der Waals surface area contributed by atoms with Gasteiger partial charge in [0.25, 0.3) is 16.4 Å². The van der Waals surface area contributed by atoms with Crippen molar-refractivity contribution in [3.05, 3.63) is 43.7 Å². The maximum absolute atomic E-state index is 12.7. The first kappa shape index (κ1) is 14.9. The van der Waals surface area contributed by atoms with Crippen molar-refractivity contribution in [1.82, 2.24) is 18.8 Å². The van der Waals surface area contributed by atoms with Gasteiger partial charge in [-0.2, -0.15) is 0 Å². The summed E-state index contributed by atoms with van der Waals surface area (Å²) < 4.78 is 6.64. The minimum absolute atomic E-state index is 0.0321. The molecule has 0 aliphatic carbocycles. The van der Waals surface area contributed by atoms with E-state index in [4.69, 9.17) is 23.5 Å². The predicted molar refractivity (Wildman–Crippen MR) is 78.0 cm³/mol. The van der Waals surface area contributed by atoms with Crippen molar-refractivity contribution in [1.29, 1.82) is 0 Å². The Kier molecular flexibility index (Phi) is 3.39. The van der Waals surface area contributed by atoms with Gasteiger partial charge in [-0.05, 0) is 25.4 Å². The van der Waals surface area contributed by atoms with Gasteiger partial charge >= 0.3 is 0 Å². The second kappa shape index (κ2) is 5.01. The number of carbonyl (C=O) groups is 1. The zero-order valence-corrected chi connectivity index (χ0v) is 12.9. The maximum Gasteiger partial charge on any atom is 0.283 e. The molecule has 0 aliphatic heterocycles. The van der Waals surface area contributed by atoms with Gasteiger partial charge in [0.1, 0.15) is 29.3 Å². The van der Waals surface area contributed by atoms with Crippen molar-refractivity contribution in [3.63, 3.8) is 0 Å². The number of fused-ring (bicyclic) bond motifs is 2. The average Bonchev–Trinajstić information content (AvgIpc) is 2.95. The molecule has 3 rings (SSSR count). The number of hydrogen-bond donors (Lipinski definition) is 0. The molecule has 0 spiro atoms. The quantitative estimate of drug-likeness (QED) is 0.653. The summed E-state index contributed by atoms with van der Waals surface area (Å²) in [4.78, 5) is 44.8. The molecule has 10 heteroatoms. The fourth-order valence-electron chi connectivity index (χ4n) is 2.54. The number of halogens is 2. The van der Waals surface area contributed by atoms with Crippen LogP contribution in [0.15, 0.2) is 9.59 Å². The van der Waals surface area contributed by atoms with Crippen LogP contribution in [-0.2, 0) is 10.9 Å². The number of aryl methyl sites for hydroxylation is 2. The standard InChI is InChI=1S/C12H8Cl2N4O4/c1-4-15-6(3-22-14)8-11(20)18-5(2)16-7(10(13)19)9(18)12(21)17(4)8/h3H2,1-2H3. The van der Waals surface area contributed by atoms with E-state index in [9.17, 15) is 14.4 Å². The van der Waals surface area contributed by atoms with E-state index in [2.05, 4.69) is 14.3 Å². The van der Waals surface area contributed by atoms with Gasteiger partial charge in [0.2, 0.25) is 0 Å². The van der Waals surface area contributed by atoms with Crippen LogP contribution >= 0.6 is 23.5 Å². The largest absolute Gasteiger partial charge is 0.283 e. The van der Waals surface area contributed by atoms with Crippen LogP contribution < -0.4 is 11.1 Å². The minimum atomic E-state index is -0.913. The summed E-state index contributed by atoms with van der Waals surface area (Å²) in [6, 6.07) is 0. The first-order valence-electron chi connectivity index (χ1n) is 6.08. The van der Waals surface area contributed by atoms with Gasteiger partial charge in [0.05, 0.1) is 17.6 Å². The summed E-state index contributed by atoms with van der Waals surface area (Å²) in [5.74, 6) is 0.454. The van der Waals surface area contributed by atoms with Gasteiger partial charge in [-0.25, -0.2) is 9.97 Å². The lowest BCUT2D eigenvalue weighted by Gasteiger charge is -2.00. The molecule has 8 nitrogen and oxygen atoms in total. The van der Waals surface area contributed by atoms with E-state index in [0.29, 0.717) is 0 Å². The number of imidazole rings is 2. The van der Waals surface area contributed by atoms with Crippen LogP contribution in [0.4, 0.5) is 0 Å². The molecule has 0 fully saturated rings. The van der Waals surface area contributed by atoms with Crippen LogP contribution in [0.5, 0.6) is 0 Å². The lowest BCUT2D eigenvalue weighted by Crippen LogP contribution is -2.28. The normalized spacial score (nSPS) is 11.6. The summed E-state index contributed by atoms with van der Waals surface area (Å²) in [6.07, 6.45) is 0. The molecule has 0 saturated carbocycles. The van der Waals surface area contributed by atoms with E-state index in [-0.39, 0.29) is 40.7 Å². The first-order valence-corrected chi connectivity index (χ1v) is 6.77. The van der Waals surface area contributed by atoms with Crippen LogP contribution in [0.25, 0.3) is 11.0 Å². The third kappa shape index (κ3) is 1.84. The zero-order valence-electron chi connectivity index (χ0n) is 11.4. The van der Waals surface area contributed by atoms with Gasteiger partial charge in [-0.3, -0.25) is 27.5 Å². The summed E-state index contributed by atoms with van der Waals surface area (Å²) in [6.45, 7) is 2.90. The molecule has 0 radical (unpaired) electrons. The predicted octanol–water partition coefficient (Wildman–Crippen LogP) is 0.806. The molecule has 0 aliphatic rings. The SMILES string of the molecule is Cc1nc(COCl)c2c(=O)n3c(C)nc(C(=O)Cl)c3c(=O)n12. The number of rotatable bonds is 3. The van der Waals surface area contributed by atoms with Crippen molar-refractivity contribution in [3.8, 4) is 0 Å². The van der Waals surface area contributed by atoms with E-state index in [1.807, 2.05) is 0 Å². The van der Waals surface area contributed by atoms with Gasteiger partial charge in [-0.1, -0.05) is 0 Å². The Bertz CT molecular complexity index is 1040. The van der Waals surface area contributed by atoms with E-state index >= 15 is 0 Å². The van der Waals surface area contributed by atoms with Crippen molar-refractivity contribution < 1.29 is 9.08 Å². The van der Waals surface area contributed by atoms with Crippen LogP contribution in [0.3, 0.4) is 0 Å². The zero-order chi connectivity index (χ0) is 16.2. The van der Waals surface area contributed by atoms with Crippen LogP contribution in [0.2, 0.25) is 0 Å². The lowest BCUT2D eigenvalue weighted by molar-refractivity contribution is 0.107. The van der Waals surface area contributed by atoms with E-state index in [1.165, 1.54) is 6.92 Å². The molecule has 3 aromatic rings. The Morgan fingerprint density at radius 3 is 2.23 bits per heavy atom. The Labute approximate surface area is 132 Å². The third-order valence-corrected chi connectivity index (χ3v) is 3.64. The molecular weight excluding hydrogens is 335 g/mol. The highest BCUT2D eigenvalue weighted by atomic mass is 35.5. The molecule has 0 atom stereocenters. The summed E-state index contributed by atoms with van der Waals surface area (Å²) in [5.41, 5.74) is -1.33. The van der Waals surface area contributed by atoms with Crippen LogP contribution in [0.1, 0.15) is 27.8 Å². The topological polar surface area (TPSA) is 95.0 Å². The molecule has 22 heavy (non-hydrogen) atoms. The Hall–Kier alpha value is -2.03. The molecule has 0 N–H and O–H groups in total. The Balaban J connectivity index is 2.65. The monoisotopic (exact) mass is 342 g/mol. The molecule has 3 aromatic heterocycles. The first-order chi connectivity index (χ1) is 10.4. The van der Waals surface area contributed by atoms with Crippen molar-refractivity contribution in [2.24, 2.45) is 0 Å². The summed E-state index contributed by atoms with van der Waals surface area (Å²) in [5, 5.41) is -0.913. The Morgan fingerprint density at radius 2 is 1.64 bits per heavy atom. The van der Waals surface area contributed by atoms with Crippen LogP contribution in [-0.4, -0.2) is 24.0 Å². The summed E-state index contributed by atoms with van der Waals surface area (Å²) in [7, 11) is 0. The number of nitrogens with zero attached hydrogens (tertiary/aromatic N) is 4. The van der Waals surface area contributed by atoms with Gasteiger partial charge in [0.15, 0.2) is 5.69 Å². The molecule has 114 valence electrons. The van der Waals surface area contributed by atoms with Gasteiger partial charge in [0, 0.05) is 0 Å². The van der Waals surface area contributed by atoms with Crippen molar-refractivity contribution in [2.75, 3.05) is 0 Å². The molecule has 3 heterocycles. The van der Waals surface area contributed by atoms with Crippen LogP contribution in [0, 0.1) is 13.8 Å². The molecule has 0 saturated heterocycles. The lowest BCUT2D eigenvalue weighted by atomic mass is 10.3. The fourth-order valence-corrected chi connectivity index (χ4v) is 2.77. The number of hydrogen-bond acceptors (Lipinski definition) is 6. The van der Waals surface area contributed by atoms with Gasteiger partial charge in [-0.15, -0.1) is 0 Å². The van der Waals surface area contributed by atoms with E-state index in [1.54, 1.807) is 6.92 Å². The Morgan fingerprint density at radius 1 is 1.09 bits per heavy atom. The minimum Gasteiger partial charge on any atom is -0.274 e. The fraction of sp³-hybridized carbons (Fsp3) is 0.250. The smallest absolute Gasteiger partial charge is 0.274 e. The average molecular weight is 343 g/mol. The highest BCUT2D eigenvalue weighted by Crippen LogP contribution is 2.14. The summed E-state index contributed by atoms with van der Waals surface area (Å²) >= 11 is 10.7. The molecule has 0 aromatic carbocycles. The maximum atomic E-state index is 12.7. The van der Waals surface area contributed by atoms with Crippen molar-refractivity contribution >= 4 is 39.7 Å². The van der Waals surface area contributed by atoms with E-state index < -0.39 is 16.4 Å². The molecule has 0 amide bonds. The van der Waals surface area contributed by atoms with Crippen molar-refractivity contribution in [2.45, 2.75) is 20.5 Å². The highest BCUT2D eigenvalue weighted by Gasteiger charge is 2.24. The second-order valence-electron chi connectivity index (χ2n) is 4.62. The molecule has 0 unspecified atom stereocenters. The third-order valence-electron chi connectivity index (χ3n) is 3.35. The highest BCUT2D eigenvalue weighted by molar-refractivity contribution is 6.68. The second-order valence-corrected chi connectivity index (χ2v) is 5.18. The molecular formula is C12H8Cl2N4O4. The van der Waals surface area contributed by atoms with Gasteiger partial charge < -0.3 is 0 Å². The van der Waals surface area contributed by atoms with E-state index in [0.717, 1.165) is 8.80 Å². The number of carbonyl (C=O) groups excluding carboxylic acids is 1.